The standard InChI is InChI=1S/C21H20N4O5/c1-12-10-13(2)22-18-17(12)19(23-24(18)3)30-11-16(26)29-9-8-25-20(27)14-6-4-5-7-15(14)21(25)28/h4-7,10H,8-9,11H2,1-3H3. The second-order valence-corrected chi connectivity index (χ2v) is 7.02. The Balaban J connectivity index is 1.33. The summed E-state index contributed by atoms with van der Waals surface area (Å²) in [5, 5.41) is 5.01. The average Bonchev–Trinajstić information content (AvgIpc) is 3.16. The molecule has 1 aliphatic rings. The van der Waals surface area contributed by atoms with E-state index in [-0.39, 0.29) is 31.6 Å². The van der Waals surface area contributed by atoms with Crippen LogP contribution in [0.2, 0.25) is 0 Å². The van der Waals surface area contributed by atoms with Crippen molar-refractivity contribution in [3.05, 3.63) is 52.7 Å². The number of carbonyl (C=O) groups is 3. The van der Waals surface area contributed by atoms with Gasteiger partial charge >= 0.3 is 5.97 Å². The molecule has 0 fully saturated rings. The van der Waals surface area contributed by atoms with Crippen LogP contribution in [-0.4, -0.2) is 57.2 Å². The summed E-state index contributed by atoms with van der Waals surface area (Å²) in [6, 6.07) is 8.52. The number of ether oxygens (including phenoxy) is 2. The fourth-order valence-corrected chi connectivity index (χ4v) is 3.51. The molecule has 0 saturated heterocycles. The second kappa shape index (κ2) is 7.58. The summed E-state index contributed by atoms with van der Waals surface area (Å²) in [6.45, 7) is 3.34. The van der Waals surface area contributed by atoms with Gasteiger partial charge in [-0.25, -0.2) is 14.5 Å². The van der Waals surface area contributed by atoms with Gasteiger partial charge in [0, 0.05) is 12.7 Å². The first-order valence-electron chi connectivity index (χ1n) is 9.41. The van der Waals surface area contributed by atoms with Crippen molar-refractivity contribution in [3.8, 4) is 5.88 Å². The van der Waals surface area contributed by atoms with Crippen molar-refractivity contribution in [1.82, 2.24) is 19.7 Å². The first-order valence-corrected chi connectivity index (χ1v) is 9.41. The third-order valence-corrected chi connectivity index (χ3v) is 4.87. The maximum atomic E-state index is 12.3. The quantitative estimate of drug-likeness (QED) is 0.452. The number of amides is 2. The number of pyridine rings is 1. The SMILES string of the molecule is Cc1cc(C)c2c(OCC(=O)OCCN3C(=O)c4ccccc4C3=O)nn(C)c2n1. The molecule has 9 nitrogen and oxygen atoms in total. The Kier molecular flexibility index (Phi) is 4.94. The number of rotatable bonds is 6. The molecule has 0 atom stereocenters. The molecule has 2 aromatic heterocycles. The van der Waals surface area contributed by atoms with E-state index in [0.29, 0.717) is 22.7 Å². The van der Waals surface area contributed by atoms with Gasteiger partial charge in [-0.15, -0.1) is 5.10 Å². The third-order valence-electron chi connectivity index (χ3n) is 4.87. The molecule has 0 radical (unpaired) electrons. The van der Waals surface area contributed by atoms with Crippen molar-refractivity contribution in [3.63, 3.8) is 0 Å². The van der Waals surface area contributed by atoms with Gasteiger partial charge in [0.2, 0.25) is 5.88 Å². The molecule has 3 aromatic rings. The molecule has 1 aliphatic heterocycles. The summed E-state index contributed by atoms with van der Waals surface area (Å²) in [6.07, 6.45) is 0. The molecule has 1 aromatic carbocycles. The predicted octanol–water partition coefficient (Wildman–Crippen LogP) is 1.80. The van der Waals surface area contributed by atoms with Crippen molar-refractivity contribution in [1.29, 1.82) is 0 Å². The van der Waals surface area contributed by atoms with Gasteiger partial charge < -0.3 is 9.47 Å². The summed E-state index contributed by atoms with van der Waals surface area (Å²) in [4.78, 5) is 42.2. The molecule has 3 heterocycles. The molecule has 0 aliphatic carbocycles. The Bertz CT molecular complexity index is 1150. The number of hydrogen-bond donors (Lipinski definition) is 0. The Morgan fingerprint density at radius 1 is 1.10 bits per heavy atom. The van der Waals surface area contributed by atoms with Gasteiger partial charge in [0.05, 0.1) is 23.1 Å². The predicted molar refractivity (Wildman–Crippen MR) is 106 cm³/mol. The molecule has 4 rings (SSSR count). The van der Waals surface area contributed by atoms with E-state index in [1.54, 1.807) is 36.0 Å². The second-order valence-electron chi connectivity index (χ2n) is 7.02. The average molecular weight is 408 g/mol. The minimum atomic E-state index is -0.622. The Morgan fingerprint density at radius 2 is 1.77 bits per heavy atom. The Labute approximate surface area is 172 Å². The van der Waals surface area contributed by atoms with Crippen molar-refractivity contribution in [2.75, 3.05) is 19.8 Å². The zero-order valence-corrected chi connectivity index (χ0v) is 16.8. The number of esters is 1. The molecule has 0 saturated carbocycles. The molecule has 2 amide bonds. The van der Waals surface area contributed by atoms with E-state index < -0.39 is 5.97 Å². The third kappa shape index (κ3) is 3.38. The molecule has 0 N–H and O–H groups in total. The number of hydrogen-bond acceptors (Lipinski definition) is 7. The number of carbonyl (C=O) groups excluding carboxylic acids is 3. The highest BCUT2D eigenvalue weighted by molar-refractivity contribution is 6.21. The van der Waals surface area contributed by atoms with Crippen molar-refractivity contribution in [2.24, 2.45) is 7.05 Å². The van der Waals surface area contributed by atoms with Crippen molar-refractivity contribution < 1.29 is 23.9 Å². The van der Waals surface area contributed by atoms with Crippen molar-refractivity contribution >= 4 is 28.8 Å². The molecule has 9 heteroatoms. The number of imide groups is 1. The van der Waals surface area contributed by atoms with Gasteiger partial charge in [-0.05, 0) is 37.6 Å². The monoisotopic (exact) mass is 408 g/mol. The zero-order valence-electron chi connectivity index (χ0n) is 16.8. The van der Waals surface area contributed by atoms with Crippen LogP contribution in [0.1, 0.15) is 32.0 Å². The van der Waals surface area contributed by atoms with Crippen LogP contribution in [-0.2, 0) is 16.6 Å². The number of aryl methyl sites for hydroxylation is 3. The first kappa shape index (κ1) is 19.6. The lowest BCUT2D eigenvalue weighted by Gasteiger charge is -2.13. The minimum absolute atomic E-state index is 0.0209. The highest BCUT2D eigenvalue weighted by Crippen LogP contribution is 2.27. The van der Waals surface area contributed by atoms with E-state index in [0.717, 1.165) is 21.5 Å². The van der Waals surface area contributed by atoms with Crippen LogP contribution >= 0.6 is 0 Å². The maximum absolute atomic E-state index is 12.3. The van der Waals surface area contributed by atoms with Crippen LogP contribution in [0.3, 0.4) is 0 Å². The van der Waals surface area contributed by atoms with Crippen LogP contribution < -0.4 is 4.74 Å². The zero-order chi connectivity index (χ0) is 21.4. The number of nitrogens with zero attached hydrogens (tertiary/aromatic N) is 4. The smallest absolute Gasteiger partial charge is 0.344 e. The summed E-state index contributed by atoms with van der Waals surface area (Å²) in [5.41, 5.74) is 3.19. The number of benzene rings is 1. The van der Waals surface area contributed by atoms with E-state index >= 15 is 0 Å². The maximum Gasteiger partial charge on any atom is 0.344 e. The van der Waals surface area contributed by atoms with Crippen LogP contribution in [0, 0.1) is 13.8 Å². The van der Waals surface area contributed by atoms with E-state index in [2.05, 4.69) is 10.1 Å². The van der Waals surface area contributed by atoms with E-state index in [1.807, 2.05) is 19.9 Å². The summed E-state index contributed by atoms with van der Waals surface area (Å²) in [5.74, 6) is -1.10. The van der Waals surface area contributed by atoms with Gasteiger partial charge in [0.1, 0.15) is 6.61 Å². The summed E-state index contributed by atoms with van der Waals surface area (Å²) in [7, 11) is 1.75. The largest absolute Gasteiger partial charge is 0.464 e. The molecule has 0 unspecified atom stereocenters. The topological polar surface area (TPSA) is 104 Å². The highest BCUT2D eigenvalue weighted by atomic mass is 16.6. The summed E-state index contributed by atoms with van der Waals surface area (Å²) < 4.78 is 12.3. The molecular weight excluding hydrogens is 388 g/mol. The van der Waals surface area contributed by atoms with Gasteiger partial charge in [0.25, 0.3) is 11.8 Å². The lowest BCUT2D eigenvalue weighted by atomic mass is 10.1. The summed E-state index contributed by atoms with van der Waals surface area (Å²) >= 11 is 0. The van der Waals surface area contributed by atoms with Gasteiger partial charge in [-0.2, -0.15) is 0 Å². The van der Waals surface area contributed by atoms with E-state index in [4.69, 9.17) is 9.47 Å². The fraction of sp³-hybridized carbons (Fsp3) is 0.286. The lowest BCUT2D eigenvalue weighted by molar-refractivity contribution is -0.146. The van der Waals surface area contributed by atoms with Gasteiger partial charge in [-0.1, -0.05) is 12.1 Å². The Morgan fingerprint density at radius 3 is 2.43 bits per heavy atom. The minimum Gasteiger partial charge on any atom is -0.464 e. The van der Waals surface area contributed by atoms with Crippen LogP contribution in [0.15, 0.2) is 30.3 Å². The molecule has 30 heavy (non-hydrogen) atoms. The van der Waals surface area contributed by atoms with E-state index in [1.165, 1.54) is 0 Å². The molecular formula is C21H20N4O5. The molecule has 0 spiro atoms. The van der Waals surface area contributed by atoms with Crippen molar-refractivity contribution in [2.45, 2.75) is 13.8 Å². The number of aromatic nitrogens is 3. The van der Waals surface area contributed by atoms with Crippen LogP contribution in [0.25, 0.3) is 11.0 Å². The van der Waals surface area contributed by atoms with Gasteiger partial charge in [-0.3, -0.25) is 14.5 Å². The first-order chi connectivity index (χ1) is 14.4. The number of fused-ring (bicyclic) bond motifs is 2. The van der Waals surface area contributed by atoms with Crippen LogP contribution in [0.5, 0.6) is 5.88 Å². The highest BCUT2D eigenvalue weighted by Gasteiger charge is 2.34. The normalized spacial score (nSPS) is 13.1. The van der Waals surface area contributed by atoms with Gasteiger partial charge in [0.15, 0.2) is 12.3 Å². The fourth-order valence-electron chi connectivity index (χ4n) is 3.51. The molecule has 154 valence electrons. The Hall–Kier alpha value is -3.75. The molecule has 0 bridgehead atoms. The lowest BCUT2D eigenvalue weighted by Crippen LogP contribution is -2.34. The van der Waals surface area contributed by atoms with E-state index in [9.17, 15) is 14.4 Å². The van der Waals surface area contributed by atoms with Crippen LogP contribution in [0.4, 0.5) is 0 Å².